The van der Waals surface area contributed by atoms with Crippen LogP contribution in [0.1, 0.15) is 52.4 Å². The van der Waals surface area contributed by atoms with E-state index in [0.29, 0.717) is 5.41 Å². The van der Waals surface area contributed by atoms with E-state index in [1.807, 2.05) is 0 Å². The lowest BCUT2D eigenvalue weighted by Crippen LogP contribution is -2.44. The lowest BCUT2D eigenvalue weighted by Gasteiger charge is -2.31. The van der Waals surface area contributed by atoms with Crippen molar-refractivity contribution in [1.82, 2.24) is 5.32 Å². The van der Waals surface area contributed by atoms with Gasteiger partial charge in [0.15, 0.2) is 0 Å². The Bertz CT molecular complexity index is 233. The van der Waals surface area contributed by atoms with Gasteiger partial charge in [0.2, 0.25) is 0 Å². The van der Waals surface area contributed by atoms with Crippen molar-refractivity contribution in [2.45, 2.75) is 64.5 Å². The first-order chi connectivity index (χ1) is 6.67. The maximum atomic E-state index is 3.96. The minimum Gasteiger partial charge on any atom is -0.310 e. The Labute approximate surface area is 87.7 Å². The van der Waals surface area contributed by atoms with Crippen molar-refractivity contribution >= 4 is 0 Å². The summed E-state index contributed by atoms with van der Waals surface area (Å²) in [6, 6.07) is 1.70. The second-order valence-electron chi connectivity index (χ2n) is 6.44. The highest BCUT2D eigenvalue weighted by Crippen LogP contribution is 2.52. The van der Waals surface area contributed by atoms with Crippen LogP contribution in [0.25, 0.3) is 0 Å². The van der Waals surface area contributed by atoms with Gasteiger partial charge in [-0.05, 0) is 49.4 Å². The molecule has 1 nitrogen and oxygen atoms in total. The third kappa shape index (κ3) is 1.41. The van der Waals surface area contributed by atoms with Gasteiger partial charge >= 0.3 is 0 Å². The molecule has 3 rings (SSSR count). The summed E-state index contributed by atoms with van der Waals surface area (Å²) in [5.74, 6) is 2.20. The zero-order valence-corrected chi connectivity index (χ0v) is 9.55. The molecule has 0 saturated heterocycles. The van der Waals surface area contributed by atoms with Crippen molar-refractivity contribution in [2.24, 2.45) is 17.3 Å². The van der Waals surface area contributed by atoms with Crippen LogP contribution in [-0.4, -0.2) is 12.1 Å². The van der Waals surface area contributed by atoms with Crippen molar-refractivity contribution < 1.29 is 0 Å². The van der Waals surface area contributed by atoms with Gasteiger partial charge in [-0.25, -0.2) is 0 Å². The number of fused-ring (bicyclic) bond motifs is 1. The Morgan fingerprint density at radius 3 is 2.50 bits per heavy atom. The summed E-state index contributed by atoms with van der Waals surface area (Å²) in [7, 11) is 0. The standard InChI is InChI=1S/C13H23N/c1-13(2)7-3-4-12(13)14-11-6-5-9-8-10(9)11/h9-12,14H,3-8H2,1-2H3/t9-,10+,11?,12?/m1/s1. The molecule has 0 radical (unpaired) electrons. The van der Waals surface area contributed by atoms with E-state index in [-0.39, 0.29) is 0 Å². The highest BCUT2D eigenvalue weighted by Gasteiger charge is 2.49. The van der Waals surface area contributed by atoms with Gasteiger partial charge in [-0.2, -0.15) is 0 Å². The third-order valence-electron chi connectivity index (χ3n) is 5.02. The van der Waals surface area contributed by atoms with Crippen molar-refractivity contribution in [3.8, 4) is 0 Å². The third-order valence-corrected chi connectivity index (χ3v) is 5.02. The van der Waals surface area contributed by atoms with Gasteiger partial charge in [0, 0.05) is 12.1 Å². The first kappa shape index (κ1) is 9.21. The molecule has 14 heavy (non-hydrogen) atoms. The number of nitrogens with one attached hydrogen (secondary N) is 1. The fourth-order valence-corrected chi connectivity index (χ4v) is 3.80. The predicted octanol–water partition coefficient (Wildman–Crippen LogP) is 2.95. The van der Waals surface area contributed by atoms with Crippen LogP contribution in [0.3, 0.4) is 0 Å². The van der Waals surface area contributed by atoms with Crippen LogP contribution in [-0.2, 0) is 0 Å². The lowest BCUT2D eigenvalue weighted by molar-refractivity contribution is 0.253. The molecular formula is C13H23N. The van der Waals surface area contributed by atoms with Gasteiger partial charge in [-0.1, -0.05) is 20.3 Å². The summed E-state index contributed by atoms with van der Waals surface area (Å²) >= 11 is 0. The summed E-state index contributed by atoms with van der Waals surface area (Å²) in [4.78, 5) is 0. The zero-order valence-electron chi connectivity index (χ0n) is 9.55. The lowest BCUT2D eigenvalue weighted by atomic mass is 9.87. The fourth-order valence-electron chi connectivity index (χ4n) is 3.80. The molecule has 0 aromatic rings. The molecule has 2 unspecified atom stereocenters. The summed E-state index contributed by atoms with van der Waals surface area (Å²) in [6.07, 6.45) is 8.78. The molecule has 0 heterocycles. The normalized spacial score (nSPS) is 49.3. The molecule has 1 N–H and O–H groups in total. The molecule has 0 aliphatic heterocycles. The molecule has 4 atom stereocenters. The Morgan fingerprint density at radius 2 is 2.00 bits per heavy atom. The molecule has 80 valence electrons. The van der Waals surface area contributed by atoms with E-state index in [1.54, 1.807) is 0 Å². The topological polar surface area (TPSA) is 12.0 Å². The van der Waals surface area contributed by atoms with Crippen molar-refractivity contribution in [1.29, 1.82) is 0 Å². The van der Waals surface area contributed by atoms with Gasteiger partial charge in [-0.15, -0.1) is 0 Å². The van der Waals surface area contributed by atoms with Gasteiger partial charge in [0.25, 0.3) is 0 Å². The van der Waals surface area contributed by atoms with E-state index < -0.39 is 0 Å². The fraction of sp³-hybridized carbons (Fsp3) is 1.00. The highest BCUT2D eigenvalue weighted by molar-refractivity contribution is 5.04. The highest BCUT2D eigenvalue weighted by atomic mass is 15.0. The minimum atomic E-state index is 0.562. The Hall–Kier alpha value is -0.0400. The van der Waals surface area contributed by atoms with Gasteiger partial charge < -0.3 is 5.32 Å². The second-order valence-corrected chi connectivity index (χ2v) is 6.44. The Kier molecular flexibility index (Phi) is 1.96. The zero-order chi connectivity index (χ0) is 9.76. The Morgan fingerprint density at radius 1 is 1.14 bits per heavy atom. The van der Waals surface area contributed by atoms with Crippen molar-refractivity contribution in [3.63, 3.8) is 0 Å². The number of hydrogen-bond acceptors (Lipinski definition) is 1. The quantitative estimate of drug-likeness (QED) is 0.711. The molecule has 0 aromatic heterocycles. The van der Waals surface area contributed by atoms with E-state index >= 15 is 0 Å². The number of rotatable bonds is 2. The molecule has 3 aliphatic rings. The van der Waals surface area contributed by atoms with Crippen LogP contribution >= 0.6 is 0 Å². The monoisotopic (exact) mass is 193 g/mol. The summed E-state index contributed by atoms with van der Waals surface area (Å²) in [6.45, 7) is 4.88. The van der Waals surface area contributed by atoms with Crippen LogP contribution in [0.2, 0.25) is 0 Å². The first-order valence-electron chi connectivity index (χ1n) is 6.43. The molecule has 3 fully saturated rings. The first-order valence-corrected chi connectivity index (χ1v) is 6.43. The summed E-state index contributed by atoms with van der Waals surface area (Å²) in [5.41, 5.74) is 0.562. The van der Waals surface area contributed by atoms with Crippen molar-refractivity contribution in [2.75, 3.05) is 0 Å². The summed E-state index contributed by atoms with van der Waals surface area (Å²) < 4.78 is 0. The molecule has 0 aromatic carbocycles. The molecular weight excluding hydrogens is 170 g/mol. The predicted molar refractivity (Wildman–Crippen MR) is 59.2 cm³/mol. The smallest absolute Gasteiger partial charge is 0.0121 e. The van der Waals surface area contributed by atoms with Crippen LogP contribution in [0.4, 0.5) is 0 Å². The van der Waals surface area contributed by atoms with Crippen LogP contribution < -0.4 is 5.32 Å². The van der Waals surface area contributed by atoms with Gasteiger partial charge in [0.1, 0.15) is 0 Å². The largest absolute Gasteiger partial charge is 0.310 e. The number of hydrogen-bond donors (Lipinski definition) is 1. The molecule has 3 saturated carbocycles. The van der Waals surface area contributed by atoms with Crippen LogP contribution in [0.5, 0.6) is 0 Å². The average molecular weight is 193 g/mol. The van der Waals surface area contributed by atoms with E-state index in [0.717, 1.165) is 23.9 Å². The second kappa shape index (κ2) is 2.98. The molecule has 1 heteroatoms. The SMILES string of the molecule is CC1(C)CCCC1NC1CC[C@@H]2C[C@H]12. The molecule has 0 spiro atoms. The maximum Gasteiger partial charge on any atom is 0.0121 e. The summed E-state index contributed by atoms with van der Waals surface area (Å²) in [5, 5.41) is 3.96. The van der Waals surface area contributed by atoms with Crippen molar-refractivity contribution in [3.05, 3.63) is 0 Å². The van der Waals surface area contributed by atoms with Gasteiger partial charge in [-0.3, -0.25) is 0 Å². The molecule has 0 amide bonds. The molecule has 0 bridgehead atoms. The van der Waals surface area contributed by atoms with E-state index in [4.69, 9.17) is 0 Å². The van der Waals surface area contributed by atoms with E-state index in [2.05, 4.69) is 19.2 Å². The average Bonchev–Trinajstić information content (AvgIpc) is 2.70. The molecule has 3 aliphatic carbocycles. The van der Waals surface area contributed by atoms with Crippen LogP contribution in [0.15, 0.2) is 0 Å². The van der Waals surface area contributed by atoms with Crippen LogP contribution in [0, 0.1) is 17.3 Å². The van der Waals surface area contributed by atoms with E-state index in [1.165, 1.54) is 38.5 Å². The maximum absolute atomic E-state index is 3.96. The minimum absolute atomic E-state index is 0.562. The van der Waals surface area contributed by atoms with E-state index in [9.17, 15) is 0 Å². The van der Waals surface area contributed by atoms with Gasteiger partial charge in [0.05, 0.1) is 0 Å². The Balaban J connectivity index is 1.61.